The summed E-state index contributed by atoms with van der Waals surface area (Å²) < 4.78 is 18.0. The number of carbonyl (C=O) groups excluding carboxylic acids is 4. The summed E-state index contributed by atoms with van der Waals surface area (Å²) in [6.45, 7) is 2.28. The van der Waals surface area contributed by atoms with Crippen molar-refractivity contribution in [3.05, 3.63) is 71.5 Å². The number of hydrogen-bond acceptors (Lipinski definition) is 5. The number of imide groups is 1. The largest absolute Gasteiger partial charge is 0.454 e. The molecule has 0 bridgehead atoms. The van der Waals surface area contributed by atoms with Crippen LogP contribution in [0.25, 0.3) is 0 Å². The topological polar surface area (TPSA) is 105 Å². The standard InChI is InChI=1S/C23H24FN3O5/c1-3-23(17-7-5-4-6-8-17)21(30)27(22(31)26-23)13-20(29)32-14-19(28)25-15(2)16-9-11-18(24)12-10-16/h4-12,15H,3,13-14H2,1-2H3,(H,25,28)(H,26,31)/t15-,23+/m0/s1. The average Bonchev–Trinajstić information content (AvgIpc) is 3.03. The Morgan fingerprint density at radius 2 is 1.78 bits per heavy atom. The first-order valence-electron chi connectivity index (χ1n) is 10.2. The lowest BCUT2D eigenvalue weighted by atomic mass is 9.87. The zero-order valence-electron chi connectivity index (χ0n) is 17.8. The number of esters is 1. The number of benzene rings is 2. The fourth-order valence-electron chi connectivity index (χ4n) is 3.57. The van der Waals surface area contributed by atoms with Crippen LogP contribution in [0.4, 0.5) is 9.18 Å². The molecule has 1 saturated heterocycles. The third kappa shape index (κ3) is 4.77. The predicted octanol–water partition coefficient (Wildman–Crippen LogP) is 2.40. The number of ether oxygens (including phenoxy) is 1. The second kappa shape index (κ2) is 9.59. The van der Waals surface area contributed by atoms with E-state index in [2.05, 4.69) is 10.6 Å². The molecule has 0 unspecified atom stereocenters. The zero-order chi connectivity index (χ0) is 23.3. The molecule has 4 amide bonds. The van der Waals surface area contributed by atoms with Crippen molar-refractivity contribution in [2.24, 2.45) is 0 Å². The monoisotopic (exact) mass is 441 g/mol. The molecular weight excluding hydrogens is 417 g/mol. The molecule has 8 nitrogen and oxygen atoms in total. The van der Waals surface area contributed by atoms with Crippen molar-refractivity contribution in [2.45, 2.75) is 31.8 Å². The molecule has 0 aromatic heterocycles. The summed E-state index contributed by atoms with van der Waals surface area (Å²) >= 11 is 0. The van der Waals surface area contributed by atoms with E-state index in [9.17, 15) is 23.6 Å². The smallest absolute Gasteiger partial charge is 0.326 e. The molecule has 1 aliphatic heterocycles. The number of halogens is 1. The Bertz CT molecular complexity index is 1010. The van der Waals surface area contributed by atoms with Gasteiger partial charge >= 0.3 is 12.0 Å². The molecule has 2 aromatic carbocycles. The lowest BCUT2D eigenvalue weighted by molar-refractivity contribution is -0.151. The van der Waals surface area contributed by atoms with Crippen molar-refractivity contribution in [3.8, 4) is 0 Å². The molecule has 0 radical (unpaired) electrons. The van der Waals surface area contributed by atoms with Gasteiger partial charge in [0.15, 0.2) is 6.61 Å². The van der Waals surface area contributed by atoms with E-state index < -0.39 is 48.5 Å². The molecule has 1 fully saturated rings. The van der Waals surface area contributed by atoms with Crippen LogP contribution in [0, 0.1) is 5.82 Å². The van der Waals surface area contributed by atoms with Gasteiger partial charge in [0, 0.05) is 0 Å². The summed E-state index contributed by atoms with van der Waals surface area (Å²) in [4.78, 5) is 50.5. The first-order valence-corrected chi connectivity index (χ1v) is 10.2. The second-order valence-electron chi connectivity index (χ2n) is 7.45. The first-order chi connectivity index (χ1) is 15.3. The van der Waals surface area contributed by atoms with Crippen LogP contribution in [-0.2, 0) is 24.7 Å². The third-order valence-corrected chi connectivity index (χ3v) is 5.37. The summed E-state index contributed by atoms with van der Waals surface area (Å²) in [5.41, 5.74) is 0.0498. The molecule has 0 aliphatic carbocycles. The van der Waals surface area contributed by atoms with Crippen molar-refractivity contribution in [2.75, 3.05) is 13.2 Å². The van der Waals surface area contributed by atoms with Gasteiger partial charge in [0.05, 0.1) is 6.04 Å². The van der Waals surface area contributed by atoms with Crippen molar-refractivity contribution in [3.63, 3.8) is 0 Å². The van der Waals surface area contributed by atoms with Crippen molar-refractivity contribution in [1.29, 1.82) is 0 Å². The lowest BCUT2D eigenvalue weighted by Crippen LogP contribution is -2.44. The Kier molecular flexibility index (Phi) is 6.87. The number of nitrogens with one attached hydrogen (secondary N) is 2. The van der Waals surface area contributed by atoms with E-state index >= 15 is 0 Å². The lowest BCUT2D eigenvalue weighted by Gasteiger charge is -2.25. The van der Waals surface area contributed by atoms with E-state index in [1.165, 1.54) is 24.3 Å². The molecule has 168 valence electrons. The fourth-order valence-corrected chi connectivity index (χ4v) is 3.57. The fraction of sp³-hybridized carbons (Fsp3) is 0.304. The maximum atomic E-state index is 13.0. The minimum Gasteiger partial charge on any atom is -0.454 e. The van der Waals surface area contributed by atoms with Crippen LogP contribution >= 0.6 is 0 Å². The molecule has 32 heavy (non-hydrogen) atoms. The quantitative estimate of drug-likeness (QED) is 0.484. The Hall–Kier alpha value is -3.75. The van der Waals surface area contributed by atoms with Gasteiger partial charge < -0.3 is 15.4 Å². The molecule has 2 aromatic rings. The van der Waals surface area contributed by atoms with Gasteiger partial charge in [-0.3, -0.25) is 19.3 Å². The van der Waals surface area contributed by atoms with Gasteiger partial charge in [-0.2, -0.15) is 0 Å². The number of urea groups is 1. The number of nitrogens with zero attached hydrogens (tertiary/aromatic N) is 1. The molecule has 0 saturated carbocycles. The summed E-state index contributed by atoms with van der Waals surface area (Å²) in [7, 11) is 0. The molecule has 1 aliphatic rings. The first kappa shape index (κ1) is 22.9. The van der Waals surface area contributed by atoms with E-state index in [4.69, 9.17) is 4.74 Å². The van der Waals surface area contributed by atoms with Gasteiger partial charge in [-0.1, -0.05) is 49.4 Å². The van der Waals surface area contributed by atoms with Gasteiger partial charge in [-0.15, -0.1) is 0 Å². The zero-order valence-corrected chi connectivity index (χ0v) is 17.8. The number of hydrogen-bond donors (Lipinski definition) is 2. The SMILES string of the molecule is CC[C@]1(c2ccccc2)NC(=O)N(CC(=O)OCC(=O)N[C@@H](C)c2ccc(F)cc2)C1=O. The second-order valence-corrected chi connectivity index (χ2v) is 7.45. The van der Waals surface area contributed by atoms with Gasteiger partial charge in [-0.05, 0) is 36.6 Å². The van der Waals surface area contributed by atoms with Crippen molar-refractivity contribution < 1.29 is 28.3 Å². The van der Waals surface area contributed by atoms with E-state index in [-0.39, 0.29) is 5.82 Å². The van der Waals surface area contributed by atoms with Crippen LogP contribution in [0.2, 0.25) is 0 Å². The van der Waals surface area contributed by atoms with Crippen molar-refractivity contribution in [1.82, 2.24) is 15.5 Å². The van der Waals surface area contributed by atoms with E-state index in [0.717, 1.165) is 4.90 Å². The van der Waals surface area contributed by atoms with Crippen LogP contribution in [0.3, 0.4) is 0 Å². The highest BCUT2D eigenvalue weighted by Crippen LogP contribution is 2.32. The maximum absolute atomic E-state index is 13.0. The summed E-state index contributed by atoms with van der Waals surface area (Å²) in [6, 6.07) is 13.3. The number of rotatable bonds is 8. The van der Waals surface area contributed by atoms with Gasteiger partial charge in [0.2, 0.25) is 0 Å². The molecular formula is C23H24FN3O5. The Morgan fingerprint density at radius 3 is 2.41 bits per heavy atom. The molecule has 2 N–H and O–H groups in total. The maximum Gasteiger partial charge on any atom is 0.326 e. The van der Waals surface area contributed by atoms with Crippen LogP contribution in [0.1, 0.15) is 37.4 Å². The number of carbonyl (C=O) groups is 4. The van der Waals surface area contributed by atoms with Crippen LogP contribution in [0.5, 0.6) is 0 Å². The van der Waals surface area contributed by atoms with Gasteiger partial charge in [0.1, 0.15) is 17.9 Å². The van der Waals surface area contributed by atoms with E-state index in [1.807, 2.05) is 0 Å². The highest BCUT2D eigenvalue weighted by atomic mass is 19.1. The normalized spacial score (nSPS) is 18.8. The van der Waals surface area contributed by atoms with Crippen molar-refractivity contribution >= 4 is 23.8 Å². The highest BCUT2D eigenvalue weighted by molar-refractivity contribution is 6.09. The highest BCUT2D eigenvalue weighted by Gasteiger charge is 2.51. The van der Waals surface area contributed by atoms with Gasteiger partial charge in [-0.25, -0.2) is 9.18 Å². The van der Waals surface area contributed by atoms with E-state index in [0.29, 0.717) is 17.5 Å². The minimum atomic E-state index is -1.25. The van der Waals surface area contributed by atoms with Crippen LogP contribution in [0.15, 0.2) is 54.6 Å². The minimum absolute atomic E-state index is 0.302. The summed E-state index contributed by atoms with van der Waals surface area (Å²) in [6.07, 6.45) is 0.302. The average molecular weight is 441 g/mol. The molecule has 9 heteroatoms. The summed E-state index contributed by atoms with van der Waals surface area (Å²) in [5.74, 6) is -2.40. The predicted molar refractivity (Wildman–Crippen MR) is 113 cm³/mol. The summed E-state index contributed by atoms with van der Waals surface area (Å²) in [5, 5.41) is 5.30. The Labute approximate surface area is 184 Å². The molecule has 2 atom stereocenters. The van der Waals surface area contributed by atoms with Crippen LogP contribution in [-0.4, -0.2) is 41.9 Å². The molecule has 1 heterocycles. The number of amides is 4. The molecule has 3 rings (SSSR count). The Morgan fingerprint density at radius 1 is 1.12 bits per heavy atom. The third-order valence-electron chi connectivity index (χ3n) is 5.37. The van der Waals surface area contributed by atoms with Crippen LogP contribution < -0.4 is 10.6 Å². The van der Waals surface area contributed by atoms with Gasteiger partial charge in [0.25, 0.3) is 11.8 Å². The van der Waals surface area contributed by atoms with E-state index in [1.54, 1.807) is 44.2 Å². The Balaban J connectivity index is 1.55. The molecule has 0 spiro atoms.